The number of rotatable bonds is 10. The van der Waals surface area contributed by atoms with Crippen molar-refractivity contribution in [2.75, 3.05) is 12.4 Å². The molecule has 0 fully saturated rings. The number of hydrogen-bond donors (Lipinski definition) is 2. The molecule has 1 atom stereocenters. The average Bonchev–Trinajstić information content (AvgIpc) is 3.02. The first-order valence-electron chi connectivity index (χ1n) is 12.9. The summed E-state index contributed by atoms with van der Waals surface area (Å²) in [5, 5.41) is 16.5. The Balaban J connectivity index is 1.36. The summed E-state index contributed by atoms with van der Waals surface area (Å²) in [6.45, 7) is 0.733. The van der Waals surface area contributed by atoms with E-state index in [0.29, 0.717) is 41.5 Å². The maximum atomic E-state index is 13.4. The first-order valence-corrected chi connectivity index (χ1v) is 12.9. The smallest absolute Gasteiger partial charge is 0.247 e. The third-order valence-electron chi connectivity index (χ3n) is 6.48. The van der Waals surface area contributed by atoms with Crippen LogP contribution in [0.5, 0.6) is 11.5 Å². The van der Waals surface area contributed by atoms with Gasteiger partial charge in [0, 0.05) is 23.8 Å². The highest BCUT2D eigenvalue weighted by Crippen LogP contribution is 2.32. The van der Waals surface area contributed by atoms with Crippen molar-refractivity contribution in [3.63, 3.8) is 0 Å². The Hall–Kier alpha value is -5.35. The van der Waals surface area contributed by atoms with Gasteiger partial charge >= 0.3 is 0 Å². The lowest BCUT2D eigenvalue weighted by molar-refractivity contribution is -0.122. The molecule has 0 aliphatic rings. The fourth-order valence-corrected chi connectivity index (χ4v) is 4.34. The van der Waals surface area contributed by atoms with Crippen molar-refractivity contribution in [2.45, 2.75) is 19.2 Å². The lowest BCUT2D eigenvalue weighted by Gasteiger charge is -2.21. The number of amides is 1. The molecule has 0 spiro atoms. The molecule has 1 aromatic heterocycles. The summed E-state index contributed by atoms with van der Waals surface area (Å²) in [7, 11) is 1.57. The van der Waals surface area contributed by atoms with Crippen molar-refractivity contribution in [3.05, 3.63) is 132 Å². The maximum Gasteiger partial charge on any atom is 0.247 e. The molecule has 5 aromatic rings. The molecule has 7 heteroatoms. The van der Waals surface area contributed by atoms with E-state index < -0.39 is 6.04 Å². The van der Waals surface area contributed by atoms with Crippen molar-refractivity contribution in [1.82, 2.24) is 10.3 Å². The monoisotopic (exact) mass is 528 g/mol. The van der Waals surface area contributed by atoms with Crippen LogP contribution in [0.4, 0.5) is 5.69 Å². The second-order valence-electron chi connectivity index (χ2n) is 9.20. The number of pyridine rings is 1. The summed E-state index contributed by atoms with van der Waals surface area (Å²) in [5.74, 6) is 0.876. The molecule has 0 aliphatic carbocycles. The van der Waals surface area contributed by atoms with Gasteiger partial charge in [-0.05, 0) is 65.2 Å². The molecule has 0 bridgehead atoms. The summed E-state index contributed by atoms with van der Waals surface area (Å²) >= 11 is 0. The van der Waals surface area contributed by atoms with Crippen molar-refractivity contribution in [1.29, 1.82) is 5.26 Å². The summed E-state index contributed by atoms with van der Waals surface area (Å²) in [6, 6.07) is 33.6. The molecular weight excluding hydrogens is 500 g/mol. The fraction of sp³-hybridized carbons (Fsp3) is 0.121. The van der Waals surface area contributed by atoms with Crippen molar-refractivity contribution >= 4 is 22.5 Å². The number of methoxy groups -OCH3 is 1. The number of fused-ring (bicyclic) bond motifs is 1. The van der Waals surface area contributed by atoms with Gasteiger partial charge in [0.15, 0.2) is 11.5 Å². The van der Waals surface area contributed by atoms with Crippen LogP contribution < -0.4 is 20.1 Å². The zero-order chi connectivity index (χ0) is 27.7. The van der Waals surface area contributed by atoms with Crippen LogP contribution in [0.15, 0.2) is 109 Å². The van der Waals surface area contributed by atoms with Crippen LogP contribution in [-0.2, 0) is 17.9 Å². The van der Waals surface area contributed by atoms with Gasteiger partial charge in [-0.2, -0.15) is 5.26 Å². The van der Waals surface area contributed by atoms with Gasteiger partial charge in [0.2, 0.25) is 5.91 Å². The molecular formula is C33H28N4O3. The summed E-state index contributed by atoms with van der Waals surface area (Å²) in [4.78, 5) is 17.9. The number of nitrogens with one attached hydrogen (secondary N) is 2. The number of benzene rings is 4. The Morgan fingerprint density at radius 3 is 2.50 bits per heavy atom. The number of nitrogens with zero attached hydrogens (tertiary/aromatic N) is 2. The van der Waals surface area contributed by atoms with Crippen molar-refractivity contribution in [2.24, 2.45) is 0 Å². The van der Waals surface area contributed by atoms with E-state index in [2.05, 4.69) is 21.7 Å². The number of carbonyl (C=O) groups excluding carboxylic acids is 1. The average molecular weight is 529 g/mol. The molecule has 40 heavy (non-hydrogen) atoms. The SMILES string of the molecule is COc1cc([C@@H](Nc2ccc(C#N)cc2)C(=O)NCc2ccccc2)ccc1OCc1ccc2cccnc2c1. The third kappa shape index (κ3) is 6.37. The standard InChI is InChI=1S/C33H28N4O3/c1-39-31-19-27(13-16-30(31)40-22-25-9-12-26-8-5-17-35-29(26)18-25)32(37-28-14-10-23(20-34)11-15-28)33(38)36-21-24-6-3-2-4-7-24/h2-19,32,37H,21-22H2,1H3,(H,36,38)/t32-/m1/s1. The topological polar surface area (TPSA) is 96.3 Å². The van der Waals surface area contributed by atoms with Crippen LogP contribution >= 0.6 is 0 Å². The van der Waals surface area contributed by atoms with Gasteiger partial charge in [0.25, 0.3) is 0 Å². The first-order chi connectivity index (χ1) is 19.6. The Kier molecular flexibility index (Phi) is 8.18. The Labute approximate surface area is 233 Å². The molecule has 0 saturated heterocycles. The molecule has 0 aliphatic heterocycles. The highest BCUT2D eigenvalue weighted by molar-refractivity contribution is 5.86. The minimum Gasteiger partial charge on any atom is -0.493 e. The molecule has 1 heterocycles. The summed E-state index contributed by atoms with van der Waals surface area (Å²) in [6.07, 6.45) is 1.77. The lowest BCUT2D eigenvalue weighted by Crippen LogP contribution is -2.33. The quantitative estimate of drug-likeness (QED) is 0.225. The van der Waals surface area contributed by atoms with Gasteiger partial charge in [-0.15, -0.1) is 0 Å². The highest BCUT2D eigenvalue weighted by Gasteiger charge is 2.22. The minimum absolute atomic E-state index is 0.201. The molecule has 4 aromatic carbocycles. The second kappa shape index (κ2) is 12.5. The van der Waals surface area contributed by atoms with Crippen LogP contribution in [0.25, 0.3) is 10.9 Å². The van der Waals surface area contributed by atoms with E-state index in [1.165, 1.54) is 0 Å². The second-order valence-corrected chi connectivity index (χ2v) is 9.20. The van der Waals surface area contributed by atoms with E-state index >= 15 is 0 Å². The van der Waals surface area contributed by atoms with Gasteiger partial charge in [-0.25, -0.2) is 0 Å². The molecule has 1 amide bonds. The largest absolute Gasteiger partial charge is 0.493 e. The predicted molar refractivity (Wildman–Crippen MR) is 155 cm³/mol. The lowest BCUT2D eigenvalue weighted by atomic mass is 10.0. The van der Waals surface area contributed by atoms with Gasteiger partial charge in [0.1, 0.15) is 12.6 Å². The fourth-order valence-electron chi connectivity index (χ4n) is 4.34. The van der Waals surface area contributed by atoms with E-state index in [4.69, 9.17) is 14.7 Å². The number of carbonyl (C=O) groups is 1. The Morgan fingerprint density at radius 2 is 1.73 bits per heavy atom. The van der Waals surface area contributed by atoms with Gasteiger partial charge < -0.3 is 20.1 Å². The minimum atomic E-state index is -0.717. The molecule has 0 radical (unpaired) electrons. The zero-order valence-corrected chi connectivity index (χ0v) is 22.0. The van der Waals surface area contributed by atoms with Gasteiger partial charge in [-0.3, -0.25) is 9.78 Å². The maximum absolute atomic E-state index is 13.4. The highest BCUT2D eigenvalue weighted by atomic mass is 16.5. The van der Waals surface area contributed by atoms with E-state index in [1.807, 2.05) is 72.8 Å². The predicted octanol–water partition coefficient (Wildman–Crippen LogP) is 6.16. The van der Waals surface area contributed by atoms with Crippen LogP contribution in [-0.4, -0.2) is 18.0 Å². The van der Waals surface area contributed by atoms with Gasteiger partial charge in [-0.1, -0.05) is 54.6 Å². The number of aromatic nitrogens is 1. The number of nitriles is 1. The number of ether oxygens (including phenoxy) is 2. The normalized spacial score (nSPS) is 11.3. The van der Waals surface area contributed by atoms with Crippen LogP contribution in [0.2, 0.25) is 0 Å². The van der Waals surface area contributed by atoms with E-state index in [9.17, 15) is 4.79 Å². The zero-order valence-electron chi connectivity index (χ0n) is 22.0. The molecule has 7 nitrogen and oxygen atoms in total. The summed E-state index contributed by atoms with van der Waals surface area (Å²) in [5.41, 5.74) is 4.85. The van der Waals surface area contributed by atoms with Crippen molar-refractivity contribution in [3.8, 4) is 17.6 Å². The molecule has 0 saturated carbocycles. The molecule has 2 N–H and O–H groups in total. The third-order valence-corrected chi connectivity index (χ3v) is 6.48. The van der Waals surface area contributed by atoms with Crippen LogP contribution in [0, 0.1) is 11.3 Å². The number of anilines is 1. The first kappa shape index (κ1) is 26.3. The molecule has 5 rings (SSSR count). The Bertz CT molecular complexity index is 1650. The Morgan fingerprint density at radius 1 is 0.900 bits per heavy atom. The number of hydrogen-bond acceptors (Lipinski definition) is 6. The van der Waals surface area contributed by atoms with Crippen LogP contribution in [0.1, 0.15) is 28.3 Å². The van der Waals surface area contributed by atoms with E-state index in [0.717, 1.165) is 22.0 Å². The van der Waals surface area contributed by atoms with E-state index in [-0.39, 0.29) is 5.91 Å². The van der Waals surface area contributed by atoms with E-state index in [1.54, 1.807) is 43.6 Å². The molecule has 198 valence electrons. The van der Waals surface area contributed by atoms with Gasteiger partial charge in [0.05, 0.1) is 24.3 Å². The molecule has 0 unspecified atom stereocenters. The summed E-state index contributed by atoms with van der Waals surface area (Å²) < 4.78 is 11.8. The van der Waals surface area contributed by atoms with Crippen LogP contribution in [0.3, 0.4) is 0 Å². The van der Waals surface area contributed by atoms with Crippen molar-refractivity contribution < 1.29 is 14.3 Å².